The van der Waals surface area contributed by atoms with E-state index in [9.17, 15) is 5.26 Å². The molecule has 0 fully saturated rings. The van der Waals surface area contributed by atoms with Crippen molar-refractivity contribution in [3.05, 3.63) is 216 Å². The Morgan fingerprint density at radius 1 is 0.607 bits per heavy atom. The van der Waals surface area contributed by atoms with Gasteiger partial charge in [-0.2, -0.15) is 5.26 Å². The van der Waals surface area contributed by atoms with E-state index in [4.69, 9.17) is 9.41 Å². The van der Waals surface area contributed by atoms with Crippen LogP contribution in [0.1, 0.15) is 28.4 Å². The number of hydrogen-bond acceptors (Lipinski definition) is 4. The largest absolute Gasteiger partial charge is 0.453 e. The number of aromatic nitrogens is 1. The predicted octanol–water partition coefficient (Wildman–Crippen LogP) is 13.7. The minimum Gasteiger partial charge on any atom is -0.453 e. The van der Waals surface area contributed by atoms with E-state index in [1.807, 2.05) is 60.4 Å². The lowest BCUT2D eigenvalue weighted by Crippen LogP contribution is -2.30. The van der Waals surface area contributed by atoms with Crippen molar-refractivity contribution in [1.29, 1.82) is 5.26 Å². The van der Waals surface area contributed by atoms with Crippen molar-refractivity contribution in [3.63, 3.8) is 0 Å². The quantitative estimate of drug-likeness (QED) is 0.151. The minimum absolute atomic E-state index is 0.518. The van der Waals surface area contributed by atoms with Crippen molar-refractivity contribution < 1.29 is 4.42 Å². The highest BCUT2D eigenvalue weighted by Crippen LogP contribution is 2.47. The molecule has 0 saturated carbocycles. The first-order chi connectivity index (χ1) is 30.1. The average Bonchev–Trinajstić information content (AvgIpc) is 3.88. The number of hydrogen-bond donors (Lipinski definition) is 0. The monoisotopic (exact) mass is 800 g/mol. The van der Waals surface area contributed by atoms with Gasteiger partial charge in [-0.05, 0) is 52.3 Å². The molecule has 5 nitrogen and oxygen atoms in total. The Morgan fingerprint density at radius 2 is 1.20 bits per heavy atom. The van der Waals surface area contributed by atoms with E-state index < -0.39 is 6.17 Å². The number of nitriles is 1. The summed E-state index contributed by atoms with van der Waals surface area (Å²) in [5.41, 5.74) is 14.8. The molecule has 1 aliphatic heterocycles. The SMILES string of the molecule is CN1C(c2ccccc2)=C(C#N)C(c2ccccc2)=NC1c1cc(C=P)cc(-n2c3ccccc3c3ccc4c5cccc(-c6ccccc6)c5oc4c32)c1-c1ccccc1. The van der Waals surface area contributed by atoms with Crippen LogP contribution in [0.15, 0.2) is 203 Å². The lowest BCUT2D eigenvalue weighted by atomic mass is 9.90. The Hall–Kier alpha value is -7.77. The highest BCUT2D eigenvalue weighted by molar-refractivity contribution is 7.19. The van der Waals surface area contributed by atoms with E-state index in [0.717, 1.165) is 99.6 Å². The molecule has 0 amide bonds. The predicted molar refractivity (Wildman–Crippen MR) is 255 cm³/mol. The molecular weight excluding hydrogens is 764 g/mol. The number of nitrogens with zero attached hydrogens (tertiary/aromatic N) is 4. The molecule has 2 aromatic heterocycles. The molecule has 0 radical (unpaired) electrons. The molecule has 0 N–H and O–H groups in total. The van der Waals surface area contributed by atoms with Crippen molar-refractivity contribution in [2.45, 2.75) is 6.17 Å². The molecule has 0 aliphatic carbocycles. The molecular formula is C55H37N4OP. The fourth-order valence-electron chi connectivity index (χ4n) is 9.28. The van der Waals surface area contributed by atoms with E-state index in [1.54, 1.807) is 0 Å². The van der Waals surface area contributed by atoms with Crippen LogP contribution in [0.4, 0.5) is 0 Å². The normalized spacial score (nSPS) is 14.2. The molecule has 8 aromatic carbocycles. The van der Waals surface area contributed by atoms with E-state index in [1.165, 1.54) is 0 Å². The molecule has 61 heavy (non-hydrogen) atoms. The molecule has 0 saturated heterocycles. The Balaban J connectivity index is 1.26. The topological polar surface area (TPSA) is 57.5 Å². The Labute approximate surface area is 355 Å². The Bertz CT molecular complexity index is 3450. The lowest BCUT2D eigenvalue weighted by Gasteiger charge is -2.36. The molecule has 0 bridgehead atoms. The van der Waals surface area contributed by atoms with Crippen molar-refractivity contribution in [2.24, 2.45) is 4.99 Å². The van der Waals surface area contributed by atoms with Crippen molar-refractivity contribution in [1.82, 2.24) is 9.47 Å². The molecule has 6 heteroatoms. The summed E-state index contributed by atoms with van der Waals surface area (Å²) in [6.45, 7) is 0. The maximum absolute atomic E-state index is 10.9. The van der Waals surface area contributed by atoms with Gasteiger partial charge in [0.05, 0.1) is 28.1 Å². The van der Waals surface area contributed by atoms with Gasteiger partial charge in [-0.1, -0.05) is 164 Å². The lowest BCUT2D eigenvalue weighted by molar-refractivity contribution is 0.363. The first-order valence-corrected chi connectivity index (χ1v) is 20.9. The number of benzene rings is 8. The van der Waals surface area contributed by atoms with Crippen LogP contribution in [0, 0.1) is 11.3 Å². The van der Waals surface area contributed by atoms with Crippen molar-refractivity contribution in [3.8, 4) is 34.0 Å². The molecule has 3 heterocycles. The van der Waals surface area contributed by atoms with Gasteiger partial charge in [0.1, 0.15) is 23.4 Å². The summed E-state index contributed by atoms with van der Waals surface area (Å²) >= 11 is 0. The molecule has 288 valence electrons. The summed E-state index contributed by atoms with van der Waals surface area (Å²) in [5, 5.41) is 15.3. The Morgan fingerprint density at radius 3 is 1.89 bits per heavy atom. The summed E-state index contributed by atoms with van der Waals surface area (Å²) in [6.07, 6.45) is -0.518. The number of rotatable bonds is 7. The number of fused-ring (bicyclic) bond motifs is 7. The summed E-state index contributed by atoms with van der Waals surface area (Å²) in [7, 11) is 5.88. The van der Waals surface area contributed by atoms with Gasteiger partial charge in [-0.25, -0.2) is 0 Å². The van der Waals surface area contributed by atoms with E-state index in [-0.39, 0.29) is 0 Å². The number of furan rings is 1. The molecule has 11 rings (SSSR count). The van der Waals surface area contributed by atoms with Gasteiger partial charge in [-0.15, -0.1) is 8.86 Å². The zero-order chi connectivity index (χ0) is 41.0. The van der Waals surface area contributed by atoms with Gasteiger partial charge in [0.2, 0.25) is 0 Å². The van der Waals surface area contributed by atoms with Crippen LogP contribution >= 0.6 is 8.86 Å². The van der Waals surface area contributed by atoms with Gasteiger partial charge in [0.25, 0.3) is 0 Å². The number of aliphatic imine (C=N–C) groups is 1. The van der Waals surface area contributed by atoms with Gasteiger partial charge in [-0.3, -0.25) is 4.99 Å². The minimum atomic E-state index is -0.518. The van der Waals surface area contributed by atoms with Crippen LogP contribution in [0.3, 0.4) is 0 Å². The molecule has 0 spiro atoms. The standard InChI is InChI=1S/C55H37N4OP/c1-58-51(39-23-12-5-13-24-39)46(33-56)50(38-21-10-4-11-22-38)57-55(58)45-31-35(34-61)32-48(49(45)37-19-8-3-9-20-37)59-47-28-15-14-25-41(47)42-29-30-44-43-27-16-26-40(36-17-6-2-7-18-36)53(43)60-54(44)52(42)59/h2-32,34,55,61H,1H3. The third-order valence-electron chi connectivity index (χ3n) is 12.0. The highest BCUT2D eigenvalue weighted by Gasteiger charge is 2.34. The average molecular weight is 801 g/mol. The second kappa shape index (κ2) is 14.8. The summed E-state index contributed by atoms with van der Waals surface area (Å²) < 4.78 is 9.54. The second-order valence-electron chi connectivity index (χ2n) is 15.4. The van der Waals surface area contributed by atoms with Crippen LogP contribution in [0.5, 0.6) is 0 Å². The van der Waals surface area contributed by atoms with Crippen LogP contribution in [0.25, 0.3) is 77.4 Å². The summed E-state index contributed by atoms with van der Waals surface area (Å²) in [6, 6.07) is 67.8. The van der Waals surface area contributed by atoms with E-state index >= 15 is 0 Å². The van der Waals surface area contributed by atoms with Crippen LogP contribution < -0.4 is 0 Å². The molecule has 1 unspecified atom stereocenters. The maximum Gasteiger partial charge on any atom is 0.160 e. The van der Waals surface area contributed by atoms with E-state index in [2.05, 4.69) is 165 Å². The van der Waals surface area contributed by atoms with Crippen LogP contribution in [0.2, 0.25) is 0 Å². The first kappa shape index (κ1) is 36.3. The van der Waals surface area contributed by atoms with Crippen molar-refractivity contribution >= 4 is 69.8 Å². The first-order valence-electron chi connectivity index (χ1n) is 20.4. The fourth-order valence-corrected chi connectivity index (χ4v) is 9.45. The zero-order valence-corrected chi connectivity index (χ0v) is 34.2. The highest BCUT2D eigenvalue weighted by atomic mass is 31.0. The third-order valence-corrected chi connectivity index (χ3v) is 12.3. The fraction of sp³-hybridized carbons (Fsp3) is 0.0364. The van der Waals surface area contributed by atoms with Crippen LogP contribution in [-0.2, 0) is 0 Å². The summed E-state index contributed by atoms with van der Waals surface area (Å²) in [5.74, 6) is 1.97. The second-order valence-corrected chi connectivity index (χ2v) is 15.7. The third kappa shape index (κ3) is 5.84. The smallest absolute Gasteiger partial charge is 0.160 e. The van der Waals surface area contributed by atoms with Crippen molar-refractivity contribution in [2.75, 3.05) is 7.05 Å². The van der Waals surface area contributed by atoms with Gasteiger partial charge >= 0.3 is 0 Å². The van der Waals surface area contributed by atoms with Crippen LogP contribution in [-0.4, -0.2) is 28.0 Å². The van der Waals surface area contributed by atoms with Gasteiger partial charge in [0.15, 0.2) is 5.58 Å². The zero-order valence-electron chi connectivity index (χ0n) is 33.2. The van der Waals surface area contributed by atoms with Gasteiger partial charge in [0, 0.05) is 50.8 Å². The maximum atomic E-state index is 10.9. The molecule has 10 aromatic rings. The number of allylic oxidation sites excluding steroid dienone is 1. The summed E-state index contributed by atoms with van der Waals surface area (Å²) in [4.78, 5) is 7.73. The Kier molecular flexibility index (Phi) is 8.81. The van der Waals surface area contributed by atoms with Gasteiger partial charge < -0.3 is 13.9 Å². The molecule has 1 atom stereocenters. The molecule has 1 aliphatic rings. The number of para-hydroxylation sites is 2. The van der Waals surface area contributed by atoms with E-state index in [0.29, 0.717) is 11.3 Å².